The maximum Gasteiger partial charge on any atom is 0.136 e. The second-order valence-corrected chi connectivity index (χ2v) is 6.06. The van der Waals surface area contributed by atoms with Gasteiger partial charge >= 0.3 is 0 Å². The number of hydrogen-bond acceptors (Lipinski definition) is 3. The monoisotopic (exact) mass is 445 g/mol. The van der Waals surface area contributed by atoms with Gasteiger partial charge in [-0.05, 0) is 68.9 Å². The summed E-state index contributed by atoms with van der Waals surface area (Å²) in [5, 5.41) is 0. The second kappa shape index (κ2) is 7.08. The molecule has 0 atom stereocenters. The third kappa shape index (κ3) is 3.73. The van der Waals surface area contributed by atoms with Gasteiger partial charge < -0.3 is 9.47 Å². The summed E-state index contributed by atoms with van der Waals surface area (Å²) in [5.74, 6) is 1.45. The Labute approximate surface area is 140 Å². The molecule has 0 saturated carbocycles. The molecule has 0 aromatic heterocycles. The van der Waals surface area contributed by atoms with E-state index in [1.165, 1.54) is 3.57 Å². The van der Waals surface area contributed by atoms with Crippen LogP contribution >= 0.6 is 38.5 Å². The van der Waals surface area contributed by atoms with Crippen LogP contribution in [0.1, 0.15) is 5.56 Å². The Morgan fingerprint density at radius 2 is 1.70 bits per heavy atom. The fourth-order valence-electron chi connectivity index (χ4n) is 1.66. The highest BCUT2D eigenvalue weighted by Crippen LogP contribution is 2.32. The Kier molecular flexibility index (Phi) is 5.42. The summed E-state index contributed by atoms with van der Waals surface area (Å²) >= 11 is 5.73. The van der Waals surface area contributed by atoms with E-state index in [0.29, 0.717) is 0 Å². The van der Waals surface area contributed by atoms with Gasteiger partial charge in [0.1, 0.15) is 11.5 Å². The number of aliphatic imine (C=N–C) groups is 1. The Bertz CT molecular complexity index is 627. The van der Waals surface area contributed by atoms with E-state index in [1.54, 1.807) is 20.4 Å². The van der Waals surface area contributed by atoms with Gasteiger partial charge in [-0.3, -0.25) is 4.99 Å². The number of benzene rings is 2. The van der Waals surface area contributed by atoms with E-state index in [-0.39, 0.29) is 0 Å². The van der Waals surface area contributed by atoms with Crippen LogP contribution in [0.5, 0.6) is 11.5 Å². The molecule has 0 aliphatic heterocycles. The molecule has 0 fully saturated rings. The summed E-state index contributed by atoms with van der Waals surface area (Å²) in [4.78, 5) is 4.45. The van der Waals surface area contributed by atoms with Gasteiger partial charge in [0.05, 0.1) is 24.4 Å². The molecule has 2 rings (SSSR count). The first-order valence-electron chi connectivity index (χ1n) is 5.85. The van der Waals surface area contributed by atoms with Gasteiger partial charge in [0, 0.05) is 21.4 Å². The zero-order valence-electron chi connectivity index (χ0n) is 11.1. The van der Waals surface area contributed by atoms with Crippen LogP contribution in [0.25, 0.3) is 0 Å². The van der Waals surface area contributed by atoms with Crippen LogP contribution in [0.4, 0.5) is 5.69 Å². The number of ether oxygens (including phenoxy) is 2. The topological polar surface area (TPSA) is 30.8 Å². The summed E-state index contributed by atoms with van der Waals surface area (Å²) in [5.41, 5.74) is 1.79. The number of methoxy groups -OCH3 is 2. The molecule has 3 nitrogen and oxygen atoms in total. The normalized spacial score (nSPS) is 10.8. The summed E-state index contributed by atoms with van der Waals surface area (Å²) in [6.07, 6.45) is 1.78. The van der Waals surface area contributed by atoms with Crippen LogP contribution in [-0.4, -0.2) is 20.4 Å². The Morgan fingerprint density at radius 1 is 1.05 bits per heavy atom. The van der Waals surface area contributed by atoms with Crippen molar-refractivity contribution in [3.05, 3.63) is 50.0 Å². The quantitative estimate of drug-likeness (QED) is 0.498. The summed E-state index contributed by atoms with van der Waals surface area (Å²) in [6.45, 7) is 0. The number of hydrogen-bond donors (Lipinski definition) is 0. The average molecular weight is 446 g/mol. The minimum Gasteiger partial charge on any atom is -0.496 e. The van der Waals surface area contributed by atoms with Gasteiger partial charge in [-0.15, -0.1) is 0 Å². The Balaban J connectivity index is 2.32. The SMILES string of the molecule is COc1cc(OC)c(C=Nc2ccc(I)cc2)cc1Br. The molecule has 0 bridgehead atoms. The third-order valence-electron chi connectivity index (χ3n) is 2.68. The molecular weight excluding hydrogens is 433 g/mol. The molecule has 5 heteroatoms. The zero-order chi connectivity index (χ0) is 14.5. The standard InChI is InChI=1S/C15H13BrINO2/c1-19-14-8-15(20-2)13(16)7-10(14)9-18-12-5-3-11(17)4-6-12/h3-9H,1-2H3. The van der Waals surface area contributed by atoms with Crippen molar-refractivity contribution >= 4 is 50.4 Å². The van der Waals surface area contributed by atoms with E-state index < -0.39 is 0 Å². The van der Waals surface area contributed by atoms with Gasteiger partial charge in [0.2, 0.25) is 0 Å². The van der Waals surface area contributed by atoms with E-state index in [2.05, 4.69) is 43.5 Å². The molecule has 0 N–H and O–H groups in total. The lowest BCUT2D eigenvalue weighted by Crippen LogP contribution is -1.93. The van der Waals surface area contributed by atoms with Crippen LogP contribution in [0.3, 0.4) is 0 Å². The highest BCUT2D eigenvalue weighted by Gasteiger charge is 2.07. The van der Waals surface area contributed by atoms with Gasteiger partial charge in [-0.25, -0.2) is 0 Å². The molecular formula is C15H13BrINO2. The maximum atomic E-state index is 5.36. The molecule has 104 valence electrons. The number of rotatable bonds is 4. The van der Waals surface area contributed by atoms with Crippen LogP contribution in [0.2, 0.25) is 0 Å². The van der Waals surface area contributed by atoms with E-state index in [9.17, 15) is 0 Å². The van der Waals surface area contributed by atoms with Crippen LogP contribution < -0.4 is 9.47 Å². The fourth-order valence-corrected chi connectivity index (χ4v) is 2.54. The average Bonchev–Trinajstić information content (AvgIpc) is 2.46. The molecule has 0 aliphatic rings. The molecule has 0 saturated heterocycles. The minimum absolute atomic E-state index is 0.722. The van der Waals surface area contributed by atoms with Crippen molar-refractivity contribution in [3.8, 4) is 11.5 Å². The highest BCUT2D eigenvalue weighted by atomic mass is 127. The lowest BCUT2D eigenvalue weighted by atomic mass is 10.2. The van der Waals surface area contributed by atoms with Crippen molar-refractivity contribution in [2.45, 2.75) is 0 Å². The summed E-state index contributed by atoms with van der Waals surface area (Å²) in [6, 6.07) is 11.8. The van der Waals surface area contributed by atoms with E-state index in [0.717, 1.165) is 27.2 Å². The molecule has 20 heavy (non-hydrogen) atoms. The molecule has 0 spiro atoms. The molecule has 2 aromatic rings. The molecule has 0 unspecified atom stereocenters. The first kappa shape index (κ1) is 15.3. The van der Waals surface area contributed by atoms with E-state index >= 15 is 0 Å². The van der Waals surface area contributed by atoms with Crippen LogP contribution in [0, 0.1) is 3.57 Å². The lowest BCUT2D eigenvalue weighted by molar-refractivity contribution is 0.392. The first-order valence-corrected chi connectivity index (χ1v) is 7.72. The van der Waals surface area contributed by atoms with Crippen molar-refractivity contribution in [1.82, 2.24) is 0 Å². The minimum atomic E-state index is 0.722. The zero-order valence-corrected chi connectivity index (χ0v) is 14.8. The van der Waals surface area contributed by atoms with Crippen molar-refractivity contribution in [3.63, 3.8) is 0 Å². The molecule has 2 aromatic carbocycles. The van der Waals surface area contributed by atoms with E-state index in [1.807, 2.05) is 36.4 Å². The van der Waals surface area contributed by atoms with E-state index in [4.69, 9.17) is 9.47 Å². The third-order valence-corrected chi connectivity index (χ3v) is 4.02. The molecule has 0 aliphatic carbocycles. The van der Waals surface area contributed by atoms with Gasteiger partial charge in [-0.2, -0.15) is 0 Å². The van der Waals surface area contributed by atoms with Gasteiger partial charge in [-0.1, -0.05) is 0 Å². The summed E-state index contributed by atoms with van der Waals surface area (Å²) in [7, 11) is 3.25. The second-order valence-electron chi connectivity index (χ2n) is 3.96. The number of halogens is 2. The summed E-state index contributed by atoms with van der Waals surface area (Å²) < 4.78 is 12.7. The first-order chi connectivity index (χ1) is 9.63. The molecule has 0 radical (unpaired) electrons. The number of nitrogens with zero attached hydrogens (tertiary/aromatic N) is 1. The maximum absolute atomic E-state index is 5.36. The predicted octanol–water partition coefficient (Wildman–Crippen LogP) is 4.82. The molecule has 0 amide bonds. The Hall–Kier alpha value is -1.08. The smallest absolute Gasteiger partial charge is 0.136 e. The largest absolute Gasteiger partial charge is 0.496 e. The van der Waals surface area contributed by atoms with Gasteiger partial charge in [0.25, 0.3) is 0 Å². The Morgan fingerprint density at radius 3 is 2.30 bits per heavy atom. The van der Waals surface area contributed by atoms with Crippen molar-refractivity contribution < 1.29 is 9.47 Å². The predicted molar refractivity (Wildman–Crippen MR) is 93.7 cm³/mol. The lowest BCUT2D eigenvalue weighted by Gasteiger charge is -2.09. The van der Waals surface area contributed by atoms with Crippen molar-refractivity contribution in [1.29, 1.82) is 0 Å². The van der Waals surface area contributed by atoms with Gasteiger partial charge in [0.15, 0.2) is 0 Å². The fraction of sp³-hybridized carbons (Fsp3) is 0.133. The van der Waals surface area contributed by atoms with Crippen LogP contribution in [-0.2, 0) is 0 Å². The van der Waals surface area contributed by atoms with Crippen molar-refractivity contribution in [2.24, 2.45) is 4.99 Å². The molecule has 0 heterocycles. The highest BCUT2D eigenvalue weighted by molar-refractivity contribution is 14.1. The van der Waals surface area contributed by atoms with Crippen LogP contribution in [0.15, 0.2) is 45.9 Å². The van der Waals surface area contributed by atoms with Crippen molar-refractivity contribution in [2.75, 3.05) is 14.2 Å².